The number of nitrogens with one attached hydrogen (secondary N) is 3. The number of carbonyl (C=O) groups excluding carboxylic acids is 3. The molecule has 0 fully saturated rings. The lowest BCUT2D eigenvalue weighted by Gasteiger charge is -2.09. The molecule has 1 atom stereocenters. The minimum absolute atomic E-state index is 0.0111. The summed E-state index contributed by atoms with van der Waals surface area (Å²) in [5.41, 5.74) is 7.10. The molecule has 1 aromatic carbocycles. The molecule has 210 valence electrons. The average molecular weight is 527 g/mol. The van der Waals surface area contributed by atoms with Crippen molar-refractivity contribution < 1.29 is 38.4 Å². The third-order valence-corrected chi connectivity index (χ3v) is 4.97. The molecule has 0 saturated carbocycles. The van der Waals surface area contributed by atoms with E-state index in [1.807, 2.05) is 0 Å². The van der Waals surface area contributed by atoms with E-state index in [1.165, 1.54) is 0 Å². The van der Waals surface area contributed by atoms with Crippen molar-refractivity contribution >= 4 is 18.1 Å². The quantitative estimate of drug-likeness (QED) is 0.0830. The molecule has 1 aromatic rings. The molecular weight excluding hydrogens is 484 g/mol. The van der Waals surface area contributed by atoms with Crippen LogP contribution in [0.15, 0.2) is 24.3 Å². The molecule has 12 heteroatoms. The van der Waals surface area contributed by atoms with Gasteiger partial charge in [0, 0.05) is 31.2 Å². The largest absolute Gasteiger partial charge is 0.395 e. The summed E-state index contributed by atoms with van der Waals surface area (Å²) < 4.78 is 21.3. The molecule has 1 rings (SSSR count). The Balaban J connectivity index is 1.82. The van der Waals surface area contributed by atoms with Gasteiger partial charge in [0.1, 0.15) is 19.5 Å². The van der Waals surface area contributed by atoms with Gasteiger partial charge in [0.15, 0.2) is 0 Å². The lowest BCUT2D eigenvalue weighted by atomic mass is 10.1. The molecule has 0 aromatic heterocycles. The van der Waals surface area contributed by atoms with Crippen LogP contribution in [0.2, 0.25) is 0 Å². The Labute approximate surface area is 218 Å². The molecule has 0 saturated heterocycles. The maximum Gasteiger partial charge on any atom is 0.246 e. The first kappa shape index (κ1) is 32.6. The van der Waals surface area contributed by atoms with Gasteiger partial charge in [0.05, 0.1) is 46.2 Å². The number of ether oxygens (including phenoxy) is 4. The highest BCUT2D eigenvalue weighted by atomic mass is 16.5. The van der Waals surface area contributed by atoms with Gasteiger partial charge < -0.3 is 45.7 Å². The lowest BCUT2D eigenvalue weighted by Crippen LogP contribution is -2.31. The third kappa shape index (κ3) is 19.3. The van der Waals surface area contributed by atoms with E-state index < -0.39 is 0 Å². The van der Waals surface area contributed by atoms with Crippen LogP contribution in [-0.4, -0.2) is 108 Å². The molecule has 0 spiro atoms. The molecule has 0 bridgehead atoms. The van der Waals surface area contributed by atoms with E-state index in [1.54, 1.807) is 24.3 Å². The van der Waals surface area contributed by atoms with Crippen LogP contribution >= 0.6 is 0 Å². The van der Waals surface area contributed by atoms with Gasteiger partial charge in [-0.05, 0) is 24.9 Å². The molecule has 12 nitrogen and oxygen atoms in total. The summed E-state index contributed by atoms with van der Waals surface area (Å²) in [4.78, 5) is 34.1. The number of aliphatic hydroxyl groups excluding tert-OH is 1. The molecule has 37 heavy (non-hydrogen) atoms. The van der Waals surface area contributed by atoms with Crippen LogP contribution in [0.25, 0.3) is 0 Å². The fraction of sp³-hybridized carbons (Fsp3) is 0.640. The summed E-state index contributed by atoms with van der Waals surface area (Å²) in [6.07, 6.45) is 2.45. The standard InChI is InChI=1S/C25H42N4O8/c26-23(18-31)2-1-7-27-8-10-34-12-14-36-19-24(32)28-9-11-35-13-15-37-20-25(33)29-16-21-3-5-22(17-30)6-4-21/h3-6,17,23,27,31H,1-2,7-16,18-20,26H2,(H,28,32)(H,29,33). The fourth-order valence-corrected chi connectivity index (χ4v) is 2.90. The van der Waals surface area contributed by atoms with Crippen LogP contribution in [0.1, 0.15) is 28.8 Å². The Hall–Kier alpha value is -2.45. The fourth-order valence-electron chi connectivity index (χ4n) is 2.90. The number of hydrogen-bond acceptors (Lipinski definition) is 10. The second-order valence-electron chi connectivity index (χ2n) is 8.15. The monoisotopic (exact) mass is 526 g/mol. The van der Waals surface area contributed by atoms with Crippen molar-refractivity contribution in [1.29, 1.82) is 0 Å². The van der Waals surface area contributed by atoms with Crippen LogP contribution in [0.4, 0.5) is 0 Å². The molecule has 0 radical (unpaired) electrons. The Morgan fingerprint density at radius 1 is 0.838 bits per heavy atom. The van der Waals surface area contributed by atoms with Crippen molar-refractivity contribution in [3.63, 3.8) is 0 Å². The zero-order valence-electron chi connectivity index (χ0n) is 21.5. The summed E-state index contributed by atoms with van der Waals surface area (Å²) in [5, 5.41) is 17.5. The van der Waals surface area contributed by atoms with Crippen molar-refractivity contribution in [2.75, 3.05) is 79.1 Å². The highest BCUT2D eigenvalue weighted by Crippen LogP contribution is 2.01. The van der Waals surface area contributed by atoms with Crippen molar-refractivity contribution in [1.82, 2.24) is 16.0 Å². The average Bonchev–Trinajstić information content (AvgIpc) is 2.92. The highest BCUT2D eigenvalue weighted by Gasteiger charge is 2.03. The third-order valence-electron chi connectivity index (χ3n) is 4.97. The van der Waals surface area contributed by atoms with Crippen molar-refractivity contribution in [3.8, 4) is 0 Å². The van der Waals surface area contributed by atoms with Gasteiger partial charge in [-0.25, -0.2) is 0 Å². The molecule has 0 heterocycles. The summed E-state index contributed by atoms with van der Waals surface area (Å²) >= 11 is 0. The number of rotatable bonds is 24. The SMILES string of the molecule is NC(CO)CCCNCCOCCOCC(=O)NCCOCCOCC(=O)NCc1ccc(C=O)cc1. The first-order valence-electron chi connectivity index (χ1n) is 12.5. The zero-order valence-corrected chi connectivity index (χ0v) is 21.5. The second-order valence-corrected chi connectivity index (χ2v) is 8.15. The van der Waals surface area contributed by atoms with E-state index in [4.69, 9.17) is 29.8 Å². The normalized spacial score (nSPS) is 11.7. The molecular formula is C25H42N4O8. The Morgan fingerprint density at radius 3 is 2.05 bits per heavy atom. The topological polar surface area (TPSA) is 170 Å². The number of benzene rings is 1. The van der Waals surface area contributed by atoms with Gasteiger partial charge >= 0.3 is 0 Å². The maximum atomic E-state index is 11.8. The smallest absolute Gasteiger partial charge is 0.246 e. The van der Waals surface area contributed by atoms with E-state index in [9.17, 15) is 14.4 Å². The predicted octanol–water partition coefficient (Wildman–Crippen LogP) is -1.01. The number of carbonyl (C=O) groups is 3. The van der Waals surface area contributed by atoms with Crippen LogP contribution in [0, 0.1) is 0 Å². The lowest BCUT2D eigenvalue weighted by molar-refractivity contribution is -0.127. The Bertz CT molecular complexity index is 736. The van der Waals surface area contributed by atoms with Gasteiger partial charge in [-0.2, -0.15) is 0 Å². The maximum absolute atomic E-state index is 11.8. The molecule has 2 amide bonds. The van der Waals surface area contributed by atoms with E-state index in [0.717, 1.165) is 31.2 Å². The minimum Gasteiger partial charge on any atom is -0.395 e. The van der Waals surface area contributed by atoms with Crippen molar-refractivity contribution in [3.05, 3.63) is 35.4 Å². The van der Waals surface area contributed by atoms with Crippen molar-refractivity contribution in [2.24, 2.45) is 5.73 Å². The zero-order chi connectivity index (χ0) is 27.0. The van der Waals surface area contributed by atoms with E-state index in [2.05, 4.69) is 16.0 Å². The summed E-state index contributed by atoms with van der Waals surface area (Å²) in [6.45, 7) is 4.27. The highest BCUT2D eigenvalue weighted by molar-refractivity contribution is 5.77. The molecule has 1 unspecified atom stereocenters. The first-order valence-corrected chi connectivity index (χ1v) is 12.5. The van der Waals surface area contributed by atoms with Crippen LogP contribution in [0.5, 0.6) is 0 Å². The van der Waals surface area contributed by atoms with Gasteiger partial charge in [-0.15, -0.1) is 0 Å². The number of amides is 2. The second kappa shape index (κ2) is 22.7. The Kier molecular flexibility index (Phi) is 20.0. The number of aliphatic hydroxyl groups is 1. The molecule has 6 N–H and O–H groups in total. The van der Waals surface area contributed by atoms with Gasteiger partial charge in [0.25, 0.3) is 0 Å². The first-order chi connectivity index (χ1) is 18.0. The van der Waals surface area contributed by atoms with E-state index in [-0.39, 0.29) is 44.3 Å². The Morgan fingerprint density at radius 2 is 1.43 bits per heavy atom. The predicted molar refractivity (Wildman–Crippen MR) is 137 cm³/mol. The van der Waals surface area contributed by atoms with E-state index in [0.29, 0.717) is 58.2 Å². The number of nitrogens with two attached hydrogens (primary N) is 1. The molecule has 0 aliphatic heterocycles. The number of hydrogen-bond donors (Lipinski definition) is 5. The van der Waals surface area contributed by atoms with Crippen molar-refractivity contribution in [2.45, 2.75) is 25.4 Å². The number of aldehydes is 1. The van der Waals surface area contributed by atoms with Crippen LogP contribution < -0.4 is 21.7 Å². The van der Waals surface area contributed by atoms with E-state index >= 15 is 0 Å². The van der Waals surface area contributed by atoms with Gasteiger partial charge in [-0.3, -0.25) is 14.4 Å². The summed E-state index contributed by atoms with van der Waals surface area (Å²) in [6, 6.07) is 6.79. The molecule has 0 aliphatic rings. The van der Waals surface area contributed by atoms with Gasteiger partial charge in [0.2, 0.25) is 11.8 Å². The van der Waals surface area contributed by atoms with Crippen LogP contribution in [-0.2, 0) is 35.1 Å². The summed E-state index contributed by atoms with van der Waals surface area (Å²) in [5.74, 6) is -0.482. The molecule has 0 aliphatic carbocycles. The van der Waals surface area contributed by atoms with Crippen LogP contribution in [0.3, 0.4) is 0 Å². The summed E-state index contributed by atoms with van der Waals surface area (Å²) in [7, 11) is 0. The van der Waals surface area contributed by atoms with Gasteiger partial charge in [-0.1, -0.05) is 24.3 Å². The minimum atomic E-state index is -0.246.